The fraction of sp³-hybridized carbons (Fsp3) is 0.793. The van der Waals surface area contributed by atoms with Crippen molar-refractivity contribution in [2.24, 2.45) is 0 Å². The normalized spacial score (nSPS) is 12.8. The van der Waals surface area contributed by atoms with Crippen molar-refractivity contribution in [1.29, 1.82) is 0 Å². The number of hydrogen-bond acceptors (Lipinski definition) is 6. The molecule has 9 heteroatoms. The second-order valence-electron chi connectivity index (χ2n) is 9.73. The van der Waals surface area contributed by atoms with Crippen LogP contribution < -0.4 is 0 Å². The van der Waals surface area contributed by atoms with Gasteiger partial charge in [0.15, 0.2) is 6.10 Å². The molecule has 1 atom stereocenters. The van der Waals surface area contributed by atoms with Gasteiger partial charge in [-0.15, -0.1) is 0 Å². The molecule has 0 spiro atoms. The number of ether oxygens (including phenoxy) is 2. The van der Waals surface area contributed by atoms with Gasteiger partial charge >= 0.3 is 19.8 Å². The summed E-state index contributed by atoms with van der Waals surface area (Å²) in [6.07, 6.45) is 25.1. The lowest BCUT2D eigenvalue weighted by molar-refractivity contribution is -0.161. The Bertz CT molecular complexity index is 686. The van der Waals surface area contributed by atoms with E-state index >= 15 is 0 Å². The molecule has 8 nitrogen and oxygen atoms in total. The van der Waals surface area contributed by atoms with Crippen LogP contribution in [0.3, 0.4) is 0 Å². The number of phosphoric acid groups is 1. The summed E-state index contributed by atoms with van der Waals surface area (Å²) < 4.78 is 25.9. The first-order valence-electron chi connectivity index (χ1n) is 14.6. The standard InChI is InChI=1S/C29H53O8P/c1-3-5-7-9-11-12-13-14-15-16-18-20-22-24-29(31)37-27(26-36-38(32,33)34)25-35-28(30)23-21-19-17-10-8-6-4-2/h14-15,18,20,27H,3-13,16-17,19,21-26H2,1-2H3,(H2,32,33,34)/b15-14+,20-18+. The molecule has 0 aromatic rings. The van der Waals surface area contributed by atoms with Gasteiger partial charge in [0.05, 0.1) is 6.61 Å². The lowest BCUT2D eigenvalue weighted by Crippen LogP contribution is -2.29. The third-order valence-corrected chi connectivity index (χ3v) is 6.47. The zero-order valence-electron chi connectivity index (χ0n) is 23.8. The first kappa shape index (κ1) is 36.5. The lowest BCUT2D eigenvalue weighted by atomic mass is 10.1. The summed E-state index contributed by atoms with van der Waals surface area (Å²) in [6.45, 7) is 3.53. The molecule has 0 aromatic heterocycles. The van der Waals surface area contributed by atoms with Gasteiger partial charge in [-0.25, -0.2) is 4.57 Å². The predicted molar refractivity (Wildman–Crippen MR) is 152 cm³/mol. The molecule has 0 bridgehead atoms. The average molecular weight is 561 g/mol. The number of hydrogen-bond donors (Lipinski definition) is 2. The summed E-state index contributed by atoms with van der Waals surface area (Å²) in [5.74, 6) is -0.973. The van der Waals surface area contributed by atoms with Crippen LogP contribution in [0, 0.1) is 0 Å². The third-order valence-electron chi connectivity index (χ3n) is 5.99. The van der Waals surface area contributed by atoms with Crippen molar-refractivity contribution in [3.8, 4) is 0 Å². The van der Waals surface area contributed by atoms with Crippen LogP contribution in [0.1, 0.15) is 129 Å². The first-order valence-corrected chi connectivity index (χ1v) is 16.2. The van der Waals surface area contributed by atoms with Crippen molar-refractivity contribution >= 4 is 19.8 Å². The van der Waals surface area contributed by atoms with E-state index in [0.717, 1.165) is 38.5 Å². The number of phosphoric ester groups is 1. The van der Waals surface area contributed by atoms with Crippen molar-refractivity contribution in [2.45, 2.75) is 136 Å². The predicted octanol–water partition coefficient (Wildman–Crippen LogP) is 7.72. The number of esters is 2. The molecule has 0 fully saturated rings. The number of allylic oxidation sites excluding steroid dienone is 4. The number of rotatable bonds is 26. The summed E-state index contributed by atoms with van der Waals surface area (Å²) >= 11 is 0. The highest BCUT2D eigenvalue weighted by molar-refractivity contribution is 7.46. The highest BCUT2D eigenvalue weighted by atomic mass is 31.2. The summed E-state index contributed by atoms with van der Waals surface area (Å²) in [6, 6.07) is 0. The maximum absolute atomic E-state index is 12.2. The van der Waals surface area contributed by atoms with Crippen LogP contribution in [-0.2, 0) is 28.2 Å². The van der Waals surface area contributed by atoms with Gasteiger partial charge in [0.25, 0.3) is 0 Å². The molecule has 0 aliphatic carbocycles. The second kappa shape index (κ2) is 25.8. The molecule has 0 heterocycles. The highest BCUT2D eigenvalue weighted by Gasteiger charge is 2.22. The van der Waals surface area contributed by atoms with Crippen LogP contribution in [-0.4, -0.2) is 41.0 Å². The van der Waals surface area contributed by atoms with Crippen LogP contribution >= 0.6 is 7.82 Å². The third kappa shape index (κ3) is 27.6. The molecule has 0 aliphatic heterocycles. The Hall–Kier alpha value is -1.47. The van der Waals surface area contributed by atoms with Crippen LogP contribution in [0.2, 0.25) is 0 Å². The van der Waals surface area contributed by atoms with E-state index in [1.165, 1.54) is 57.8 Å². The Labute approximate surface area is 230 Å². The summed E-state index contributed by atoms with van der Waals surface area (Å²) in [5.41, 5.74) is 0. The first-order chi connectivity index (χ1) is 18.3. The van der Waals surface area contributed by atoms with Gasteiger partial charge in [-0.3, -0.25) is 14.1 Å². The van der Waals surface area contributed by atoms with Gasteiger partial charge in [-0.2, -0.15) is 0 Å². The van der Waals surface area contributed by atoms with Crippen LogP contribution in [0.4, 0.5) is 0 Å². The molecular formula is C29H53O8P. The molecule has 0 aliphatic rings. The Balaban J connectivity index is 4.18. The van der Waals surface area contributed by atoms with Crippen LogP contribution in [0.5, 0.6) is 0 Å². The topological polar surface area (TPSA) is 119 Å². The average Bonchev–Trinajstić information content (AvgIpc) is 2.87. The SMILES string of the molecule is CCCCCCCC/C=C/C/C=C/CCC(=O)OC(COC(=O)CCCCCCCCC)COP(=O)(O)O. The molecule has 0 amide bonds. The zero-order chi connectivity index (χ0) is 28.3. The van der Waals surface area contributed by atoms with Crippen LogP contribution in [0.15, 0.2) is 24.3 Å². The van der Waals surface area contributed by atoms with Crippen molar-refractivity contribution in [1.82, 2.24) is 0 Å². The van der Waals surface area contributed by atoms with Gasteiger partial charge in [0, 0.05) is 12.8 Å². The molecule has 0 radical (unpaired) electrons. The Kier molecular flexibility index (Phi) is 24.8. The van der Waals surface area contributed by atoms with E-state index in [4.69, 9.17) is 19.3 Å². The van der Waals surface area contributed by atoms with E-state index in [1.807, 2.05) is 12.2 Å². The Morgan fingerprint density at radius 2 is 1.24 bits per heavy atom. The summed E-state index contributed by atoms with van der Waals surface area (Å²) in [4.78, 5) is 42.1. The minimum atomic E-state index is -4.74. The maximum Gasteiger partial charge on any atom is 0.469 e. The van der Waals surface area contributed by atoms with Crippen molar-refractivity contribution in [3.63, 3.8) is 0 Å². The fourth-order valence-corrected chi connectivity index (χ4v) is 4.14. The quantitative estimate of drug-likeness (QED) is 0.0477. The molecule has 222 valence electrons. The lowest BCUT2D eigenvalue weighted by Gasteiger charge is -2.18. The van der Waals surface area contributed by atoms with Gasteiger partial charge in [-0.1, -0.05) is 109 Å². The van der Waals surface area contributed by atoms with Crippen molar-refractivity contribution in [2.75, 3.05) is 13.2 Å². The molecule has 38 heavy (non-hydrogen) atoms. The van der Waals surface area contributed by atoms with Gasteiger partial charge in [-0.05, 0) is 32.1 Å². The van der Waals surface area contributed by atoms with Crippen molar-refractivity contribution < 1.29 is 37.9 Å². The fourth-order valence-electron chi connectivity index (χ4n) is 3.78. The van der Waals surface area contributed by atoms with E-state index < -0.39 is 32.5 Å². The van der Waals surface area contributed by atoms with Gasteiger partial charge in [0.2, 0.25) is 0 Å². The van der Waals surface area contributed by atoms with E-state index in [0.29, 0.717) is 6.42 Å². The molecule has 0 aromatic carbocycles. The van der Waals surface area contributed by atoms with E-state index in [2.05, 4.69) is 30.5 Å². The smallest absolute Gasteiger partial charge is 0.462 e. The second-order valence-corrected chi connectivity index (χ2v) is 11.0. The minimum absolute atomic E-state index is 0.108. The zero-order valence-corrected chi connectivity index (χ0v) is 24.7. The van der Waals surface area contributed by atoms with E-state index in [1.54, 1.807) is 0 Å². The molecule has 2 N–H and O–H groups in total. The summed E-state index contributed by atoms with van der Waals surface area (Å²) in [5, 5.41) is 0. The molecule has 1 unspecified atom stereocenters. The van der Waals surface area contributed by atoms with E-state index in [-0.39, 0.29) is 19.4 Å². The number of carbonyl (C=O) groups excluding carboxylic acids is 2. The maximum atomic E-state index is 12.2. The highest BCUT2D eigenvalue weighted by Crippen LogP contribution is 2.35. The molecule has 0 saturated heterocycles. The van der Waals surface area contributed by atoms with Crippen molar-refractivity contribution in [3.05, 3.63) is 24.3 Å². The Morgan fingerprint density at radius 3 is 1.84 bits per heavy atom. The largest absolute Gasteiger partial charge is 0.469 e. The van der Waals surface area contributed by atoms with Gasteiger partial charge < -0.3 is 19.3 Å². The number of unbranched alkanes of at least 4 members (excludes halogenated alkanes) is 12. The number of carbonyl (C=O) groups is 2. The van der Waals surface area contributed by atoms with Gasteiger partial charge in [0.1, 0.15) is 6.61 Å². The Morgan fingerprint density at radius 1 is 0.684 bits per heavy atom. The minimum Gasteiger partial charge on any atom is -0.462 e. The molecule has 0 rings (SSSR count). The van der Waals surface area contributed by atoms with Crippen LogP contribution in [0.25, 0.3) is 0 Å². The van der Waals surface area contributed by atoms with E-state index in [9.17, 15) is 14.2 Å². The molecular weight excluding hydrogens is 507 g/mol. The molecule has 0 saturated carbocycles. The monoisotopic (exact) mass is 560 g/mol. The summed E-state index contributed by atoms with van der Waals surface area (Å²) in [7, 11) is -4.74.